The van der Waals surface area contributed by atoms with Gasteiger partial charge in [-0.1, -0.05) is 0 Å². The Kier molecular flexibility index (Phi) is 4.76. The molecule has 1 rings (SSSR count). The number of likely N-dealkylation sites (tertiary alicyclic amines) is 1. The van der Waals surface area contributed by atoms with Gasteiger partial charge in [0.2, 0.25) is 0 Å². The Bertz CT molecular complexity index is 388. The van der Waals surface area contributed by atoms with Gasteiger partial charge in [-0.3, -0.25) is 0 Å². The van der Waals surface area contributed by atoms with Crippen molar-refractivity contribution >= 4 is 23.3 Å². The van der Waals surface area contributed by atoms with Crippen LogP contribution in [0.25, 0.3) is 0 Å². The zero-order valence-corrected chi connectivity index (χ0v) is 13.4. The lowest BCUT2D eigenvalue weighted by molar-refractivity contribution is 0.00740. The van der Waals surface area contributed by atoms with E-state index in [0.717, 1.165) is 0 Å². The first-order chi connectivity index (χ1) is 8.49. The monoisotopic (exact) mass is 288 g/mol. The number of hydrogen-bond donors (Lipinski definition) is 0. The van der Waals surface area contributed by atoms with Gasteiger partial charge in [-0.25, -0.2) is 9.00 Å². The molecule has 0 aromatic heterocycles. The molecule has 1 fully saturated rings. The largest absolute Gasteiger partial charge is 0.444 e. The minimum atomic E-state index is -1.23. The van der Waals surface area contributed by atoms with Gasteiger partial charge in [0.15, 0.2) is 0 Å². The summed E-state index contributed by atoms with van der Waals surface area (Å²) in [6, 6.07) is 0. The van der Waals surface area contributed by atoms with Gasteiger partial charge < -0.3 is 9.64 Å². The quantitative estimate of drug-likeness (QED) is 0.733. The first kappa shape index (κ1) is 16.1. The summed E-state index contributed by atoms with van der Waals surface area (Å²) in [5.74, 6) is 0.179. The fourth-order valence-corrected chi connectivity index (χ4v) is 1.98. The summed E-state index contributed by atoms with van der Waals surface area (Å²) in [7, 11) is -1.23. The molecule has 1 atom stereocenters. The average Bonchev–Trinajstić information content (AvgIpc) is 2.09. The molecule has 1 heterocycles. The maximum absolute atomic E-state index is 11.7. The SMILES string of the molecule is CC(C)(C)OC(=O)N1CC(/C=N/S(=O)C(C)(C)C)C1. The van der Waals surface area contributed by atoms with E-state index < -0.39 is 16.6 Å². The molecule has 0 N–H and O–H groups in total. The van der Waals surface area contributed by atoms with Crippen molar-refractivity contribution in [2.45, 2.75) is 51.9 Å². The molecule has 5 nitrogen and oxygen atoms in total. The Morgan fingerprint density at radius 3 is 2.21 bits per heavy atom. The van der Waals surface area contributed by atoms with Crippen molar-refractivity contribution in [2.75, 3.05) is 13.1 Å². The van der Waals surface area contributed by atoms with E-state index in [1.807, 2.05) is 41.5 Å². The lowest BCUT2D eigenvalue weighted by Gasteiger charge is -2.37. The number of carbonyl (C=O) groups is 1. The first-order valence-corrected chi connectivity index (χ1v) is 7.54. The van der Waals surface area contributed by atoms with Crippen LogP contribution in [0.15, 0.2) is 4.40 Å². The fraction of sp³-hybridized carbons (Fsp3) is 0.846. The van der Waals surface area contributed by atoms with Crippen LogP contribution in [0.2, 0.25) is 0 Å². The number of amides is 1. The molecule has 0 spiro atoms. The van der Waals surface area contributed by atoms with E-state index in [2.05, 4.69) is 4.40 Å². The van der Waals surface area contributed by atoms with Crippen molar-refractivity contribution in [1.29, 1.82) is 0 Å². The van der Waals surface area contributed by atoms with Gasteiger partial charge in [0.1, 0.15) is 16.6 Å². The van der Waals surface area contributed by atoms with Crippen LogP contribution < -0.4 is 0 Å². The van der Waals surface area contributed by atoms with Gasteiger partial charge in [-0.2, -0.15) is 4.40 Å². The van der Waals surface area contributed by atoms with E-state index in [9.17, 15) is 9.00 Å². The fourth-order valence-electron chi connectivity index (χ4n) is 1.38. The highest BCUT2D eigenvalue weighted by Crippen LogP contribution is 2.19. The van der Waals surface area contributed by atoms with Gasteiger partial charge in [0, 0.05) is 25.2 Å². The molecule has 0 bridgehead atoms. The smallest absolute Gasteiger partial charge is 0.410 e. The Labute approximate surface area is 118 Å². The van der Waals surface area contributed by atoms with Gasteiger partial charge in [-0.05, 0) is 41.5 Å². The lowest BCUT2D eigenvalue weighted by atomic mass is 10.0. The normalized spacial score (nSPS) is 19.4. The van der Waals surface area contributed by atoms with Crippen LogP contribution in [0.1, 0.15) is 41.5 Å². The molecule has 110 valence electrons. The van der Waals surface area contributed by atoms with Crippen LogP contribution in [0, 0.1) is 5.92 Å². The molecule has 0 aliphatic carbocycles. The highest BCUT2D eigenvalue weighted by molar-refractivity contribution is 7.85. The van der Waals surface area contributed by atoms with E-state index in [-0.39, 0.29) is 16.8 Å². The van der Waals surface area contributed by atoms with Crippen molar-refractivity contribution in [3.05, 3.63) is 0 Å². The molecule has 6 heteroatoms. The Morgan fingerprint density at radius 2 is 1.79 bits per heavy atom. The van der Waals surface area contributed by atoms with Crippen molar-refractivity contribution in [2.24, 2.45) is 10.3 Å². The number of rotatable bonds is 2. The highest BCUT2D eigenvalue weighted by atomic mass is 32.2. The molecule has 19 heavy (non-hydrogen) atoms. The van der Waals surface area contributed by atoms with Crippen molar-refractivity contribution in [3.8, 4) is 0 Å². The van der Waals surface area contributed by atoms with E-state index in [1.165, 1.54) is 0 Å². The number of nitrogens with zero attached hydrogens (tertiary/aromatic N) is 2. The van der Waals surface area contributed by atoms with Crippen LogP contribution in [-0.2, 0) is 15.7 Å². The Morgan fingerprint density at radius 1 is 1.26 bits per heavy atom. The molecule has 1 unspecified atom stereocenters. The van der Waals surface area contributed by atoms with Crippen LogP contribution >= 0.6 is 0 Å². The average molecular weight is 288 g/mol. The number of hydrogen-bond acceptors (Lipinski definition) is 3. The maximum Gasteiger partial charge on any atom is 0.410 e. The molecule has 1 aliphatic heterocycles. The molecule has 1 amide bonds. The van der Waals surface area contributed by atoms with Gasteiger partial charge in [0.05, 0.1) is 4.75 Å². The topological polar surface area (TPSA) is 59.0 Å². The number of carbonyl (C=O) groups excluding carboxylic acids is 1. The first-order valence-electron chi connectivity index (χ1n) is 6.43. The van der Waals surface area contributed by atoms with E-state index in [1.54, 1.807) is 11.1 Å². The second-order valence-corrected chi connectivity index (χ2v) is 8.70. The molecule has 0 aromatic carbocycles. The summed E-state index contributed by atoms with van der Waals surface area (Å²) in [6.45, 7) is 12.3. The standard InChI is InChI=1S/C13H24N2O3S/c1-12(2,3)18-11(16)15-8-10(9-15)7-14-19(17)13(4,5)6/h7,10H,8-9H2,1-6H3/b14-7+. The summed E-state index contributed by atoms with van der Waals surface area (Å²) in [5.41, 5.74) is -0.468. The van der Waals surface area contributed by atoms with E-state index >= 15 is 0 Å². The van der Waals surface area contributed by atoms with E-state index in [0.29, 0.717) is 13.1 Å². The van der Waals surface area contributed by atoms with Crippen molar-refractivity contribution in [1.82, 2.24) is 4.90 Å². The third kappa shape index (κ3) is 5.30. The van der Waals surface area contributed by atoms with Crippen molar-refractivity contribution < 1.29 is 13.7 Å². The number of ether oxygens (including phenoxy) is 1. The summed E-state index contributed by atoms with van der Waals surface area (Å²) >= 11 is 0. The highest BCUT2D eigenvalue weighted by Gasteiger charge is 2.33. The van der Waals surface area contributed by atoms with Crippen LogP contribution in [0.3, 0.4) is 0 Å². The third-order valence-electron chi connectivity index (χ3n) is 2.45. The summed E-state index contributed by atoms with van der Waals surface area (Å²) < 4.78 is 20.7. The third-order valence-corrected chi connectivity index (χ3v) is 3.81. The van der Waals surface area contributed by atoms with Gasteiger partial charge in [-0.15, -0.1) is 0 Å². The molecular formula is C13H24N2O3S. The molecule has 0 radical (unpaired) electrons. The zero-order chi connectivity index (χ0) is 14.8. The second-order valence-electron chi connectivity index (χ2n) is 6.76. The predicted molar refractivity (Wildman–Crippen MR) is 77.7 cm³/mol. The van der Waals surface area contributed by atoms with Gasteiger partial charge in [0.25, 0.3) is 0 Å². The molecular weight excluding hydrogens is 264 g/mol. The minimum absolute atomic E-state index is 0.179. The van der Waals surface area contributed by atoms with Crippen LogP contribution in [0.4, 0.5) is 4.79 Å². The molecule has 0 saturated carbocycles. The predicted octanol–water partition coefficient (Wildman–Crippen LogP) is 2.39. The molecule has 0 aromatic rings. The molecule has 1 saturated heterocycles. The maximum atomic E-state index is 11.7. The Hall–Kier alpha value is -0.910. The van der Waals surface area contributed by atoms with Crippen molar-refractivity contribution in [3.63, 3.8) is 0 Å². The summed E-state index contributed by atoms with van der Waals surface area (Å²) in [6.07, 6.45) is 1.40. The van der Waals surface area contributed by atoms with Crippen LogP contribution in [-0.4, -0.2) is 44.9 Å². The lowest BCUT2D eigenvalue weighted by Crippen LogP contribution is -2.52. The van der Waals surface area contributed by atoms with E-state index in [4.69, 9.17) is 4.74 Å². The van der Waals surface area contributed by atoms with Crippen LogP contribution in [0.5, 0.6) is 0 Å². The zero-order valence-electron chi connectivity index (χ0n) is 12.6. The summed E-state index contributed by atoms with van der Waals surface area (Å²) in [5, 5.41) is 0. The second kappa shape index (κ2) is 5.61. The molecule has 1 aliphatic rings. The van der Waals surface area contributed by atoms with Gasteiger partial charge >= 0.3 is 6.09 Å². The minimum Gasteiger partial charge on any atom is -0.444 e. The summed E-state index contributed by atoms with van der Waals surface area (Å²) in [4.78, 5) is 13.3. The Balaban J connectivity index is 2.37.